The van der Waals surface area contributed by atoms with E-state index in [0.29, 0.717) is 16.6 Å². The standard InChI is InChI=1S/C24H25Cl2N5O/c1-14(19-13-29-31(3)15(19)2)30-24(32)28-12-20(17-9-8-16(25)10-22(17)26)21-11-27-23-7-5-4-6-18(21)23/h4-11,13-14,20,27H,12H2,1-3H3,(H2,28,30,32). The fourth-order valence-corrected chi connectivity index (χ4v) is 4.55. The van der Waals surface area contributed by atoms with Crippen molar-refractivity contribution in [1.29, 1.82) is 0 Å². The molecule has 0 saturated heterocycles. The third kappa shape index (κ3) is 4.47. The summed E-state index contributed by atoms with van der Waals surface area (Å²) >= 11 is 12.7. The highest BCUT2D eigenvalue weighted by atomic mass is 35.5. The molecule has 0 aliphatic carbocycles. The van der Waals surface area contributed by atoms with Crippen LogP contribution >= 0.6 is 23.2 Å². The Morgan fingerprint density at radius 2 is 1.94 bits per heavy atom. The predicted molar refractivity (Wildman–Crippen MR) is 129 cm³/mol. The molecule has 2 aromatic heterocycles. The molecule has 32 heavy (non-hydrogen) atoms. The summed E-state index contributed by atoms with van der Waals surface area (Å²) in [6, 6.07) is 13.1. The number of carbonyl (C=O) groups excluding carboxylic acids is 1. The highest BCUT2D eigenvalue weighted by Crippen LogP contribution is 2.35. The number of aromatic nitrogens is 3. The van der Waals surface area contributed by atoms with Crippen molar-refractivity contribution in [2.45, 2.75) is 25.8 Å². The van der Waals surface area contributed by atoms with E-state index in [9.17, 15) is 4.79 Å². The van der Waals surface area contributed by atoms with Crippen molar-refractivity contribution >= 4 is 40.1 Å². The van der Waals surface area contributed by atoms with Crippen molar-refractivity contribution in [1.82, 2.24) is 25.4 Å². The number of aromatic amines is 1. The molecule has 4 aromatic rings. The van der Waals surface area contributed by atoms with Crippen LogP contribution in [0.25, 0.3) is 10.9 Å². The molecule has 3 N–H and O–H groups in total. The third-order valence-corrected chi connectivity index (χ3v) is 6.45. The second-order valence-corrected chi connectivity index (χ2v) is 8.74. The first-order valence-corrected chi connectivity index (χ1v) is 11.1. The summed E-state index contributed by atoms with van der Waals surface area (Å²) in [5.41, 5.74) is 4.99. The number of para-hydroxylation sites is 1. The van der Waals surface area contributed by atoms with Gasteiger partial charge in [0.1, 0.15) is 0 Å². The Balaban J connectivity index is 1.57. The van der Waals surface area contributed by atoms with Gasteiger partial charge in [0, 0.05) is 57.9 Å². The van der Waals surface area contributed by atoms with E-state index in [0.717, 1.165) is 33.3 Å². The molecule has 2 heterocycles. The Bertz CT molecular complexity index is 1260. The topological polar surface area (TPSA) is 74.7 Å². The maximum Gasteiger partial charge on any atom is 0.315 e. The average Bonchev–Trinajstić information content (AvgIpc) is 3.33. The molecule has 0 bridgehead atoms. The molecule has 2 atom stereocenters. The van der Waals surface area contributed by atoms with E-state index in [1.807, 2.05) is 57.4 Å². The van der Waals surface area contributed by atoms with Crippen molar-refractivity contribution in [2.75, 3.05) is 6.54 Å². The summed E-state index contributed by atoms with van der Waals surface area (Å²) in [4.78, 5) is 16.1. The van der Waals surface area contributed by atoms with Crippen LogP contribution in [0.4, 0.5) is 4.79 Å². The molecular formula is C24H25Cl2N5O. The molecule has 0 aliphatic rings. The number of fused-ring (bicyclic) bond motifs is 1. The first-order valence-electron chi connectivity index (χ1n) is 10.4. The maximum atomic E-state index is 12.7. The van der Waals surface area contributed by atoms with E-state index in [4.69, 9.17) is 23.2 Å². The van der Waals surface area contributed by atoms with Crippen molar-refractivity contribution < 1.29 is 4.79 Å². The second-order valence-electron chi connectivity index (χ2n) is 7.89. The number of halogens is 2. The van der Waals surface area contributed by atoms with Crippen LogP contribution in [-0.2, 0) is 7.05 Å². The molecule has 6 nitrogen and oxygen atoms in total. The van der Waals surface area contributed by atoms with E-state index in [2.05, 4.69) is 26.8 Å². The summed E-state index contributed by atoms with van der Waals surface area (Å²) in [6.07, 6.45) is 3.75. The molecule has 2 unspecified atom stereocenters. The molecule has 0 saturated carbocycles. The largest absolute Gasteiger partial charge is 0.361 e. The molecule has 8 heteroatoms. The lowest BCUT2D eigenvalue weighted by molar-refractivity contribution is 0.237. The fourth-order valence-electron chi connectivity index (χ4n) is 4.01. The van der Waals surface area contributed by atoms with Crippen molar-refractivity contribution in [3.8, 4) is 0 Å². The number of urea groups is 1. The van der Waals surface area contributed by atoms with Crippen LogP contribution < -0.4 is 10.6 Å². The van der Waals surface area contributed by atoms with Gasteiger partial charge in [-0.1, -0.05) is 47.5 Å². The predicted octanol–water partition coefficient (Wildman–Crippen LogP) is 5.71. The van der Waals surface area contributed by atoms with E-state index in [-0.39, 0.29) is 18.0 Å². The number of aryl methyl sites for hydroxylation is 1. The lowest BCUT2D eigenvalue weighted by Gasteiger charge is -2.21. The van der Waals surface area contributed by atoms with Gasteiger partial charge in [-0.3, -0.25) is 4.68 Å². The van der Waals surface area contributed by atoms with Crippen LogP contribution in [0.1, 0.15) is 41.3 Å². The minimum Gasteiger partial charge on any atom is -0.361 e. The second kappa shape index (κ2) is 9.27. The summed E-state index contributed by atoms with van der Waals surface area (Å²) in [7, 11) is 1.88. The number of rotatable bonds is 6. The minimum atomic E-state index is -0.254. The van der Waals surface area contributed by atoms with E-state index < -0.39 is 0 Å². The zero-order chi connectivity index (χ0) is 22.8. The molecule has 0 spiro atoms. The van der Waals surface area contributed by atoms with Crippen LogP contribution in [0.15, 0.2) is 54.9 Å². The third-order valence-electron chi connectivity index (χ3n) is 5.89. The van der Waals surface area contributed by atoms with Gasteiger partial charge < -0.3 is 15.6 Å². The van der Waals surface area contributed by atoms with Gasteiger partial charge in [0.2, 0.25) is 0 Å². The normalized spacial score (nSPS) is 13.2. The lowest BCUT2D eigenvalue weighted by Crippen LogP contribution is -2.39. The Morgan fingerprint density at radius 3 is 2.66 bits per heavy atom. The molecule has 2 amide bonds. The number of hydrogen-bond acceptors (Lipinski definition) is 2. The van der Waals surface area contributed by atoms with Crippen LogP contribution in [0.3, 0.4) is 0 Å². The van der Waals surface area contributed by atoms with Crippen LogP contribution in [0.5, 0.6) is 0 Å². The van der Waals surface area contributed by atoms with Gasteiger partial charge in [-0.15, -0.1) is 0 Å². The lowest BCUT2D eigenvalue weighted by atomic mass is 9.91. The van der Waals surface area contributed by atoms with Crippen molar-refractivity contribution in [2.24, 2.45) is 7.05 Å². The Labute approximate surface area is 196 Å². The number of H-pyrrole nitrogens is 1. The highest BCUT2D eigenvalue weighted by Gasteiger charge is 2.22. The molecule has 0 fully saturated rings. The van der Waals surface area contributed by atoms with Gasteiger partial charge in [0.15, 0.2) is 0 Å². The van der Waals surface area contributed by atoms with E-state index in [1.165, 1.54) is 0 Å². The SMILES string of the molecule is Cc1c(C(C)NC(=O)NCC(c2ccc(Cl)cc2Cl)c2c[nH]c3ccccc23)cnn1C. The van der Waals surface area contributed by atoms with Crippen LogP contribution in [0, 0.1) is 6.92 Å². The van der Waals surface area contributed by atoms with Gasteiger partial charge in [-0.05, 0) is 43.2 Å². The quantitative estimate of drug-likeness (QED) is 0.338. The molecule has 0 aliphatic heterocycles. The zero-order valence-electron chi connectivity index (χ0n) is 18.1. The molecular weight excluding hydrogens is 445 g/mol. The summed E-state index contributed by atoms with van der Waals surface area (Å²) < 4.78 is 1.79. The van der Waals surface area contributed by atoms with Crippen molar-refractivity contribution in [3.63, 3.8) is 0 Å². The van der Waals surface area contributed by atoms with Crippen LogP contribution in [0.2, 0.25) is 10.0 Å². The minimum absolute atomic E-state index is 0.155. The van der Waals surface area contributed by atoms with E-state index in [1.54, 1.807) is 16.9 Å². The average molecular weight is 470 g/mol. The monoisotopic (exact) mass is 469 g/mol. The smallest absolute Gasteiger partial charge is 0.315 e. The first kappa shape index (κ1) is 22.2. The van der Waals surface area contributed by atoms with Gasteiger partial charge in [0.05, 0.1) is 12.2 Å². The first-order chi connectivity index (χ1) is 15.3. The molecule has 4 rings (SSSR count). The van der Waals surface area contributed by atoms with Crippen LogP contribution in [-0.4, -0.2) is 27.3 Å². The molecule has 2 aromatic carbocycles. The number of hydrogen-bond donors (Lipinski definition) is 3. The number of carbonyl (C=O) groups is 1. The molecule has 166 valence electrons. The Kier molecular flexibility index (Phi) is 6.44. The van der Waals surface area contributed by atoms with Gasteiger partial charge >= 0.3 is 6.03 Å². The number of nitrogens with one attached hydrogen (secondary N) is 3. The number of nitrogens with zero attached hydrogens (tertiary/aromatic N) is 2. The summed E-state index contributed by atoms with van der Waals surface area (Å²) in [5, 5.41) is 12.5. The maximum absolute atomic E-state index is 12.7. The summed E-state index contributed by atoms with van der Waals surface area (Å²) in [5.74, 6) is -0.155. The zero-order valence-corrected chi connectivity index (χ0v) is 19.6. The van der Waals surface area contributed by atoms with Gasteiger partial charge in [-0.25, -0.2) is 4.79 Å². The number of benzene rings is 2. The Hall–Kier alpha value is -2.96. The number of amides is 2. The summed E-state index contributed by atoms with van der Waals surface area (Å²) in [6.45, 7) is 4.29. The van der Waals surface area contributed by atoms with Crippen molar-refractivity contribution in [3.05, 3.63) is 87.3 Å². The molecule has 0 radical (unpaired) electrons. The highest BCUT2D eigenvalue weighted by molar-refractivity contribution is 6.35. The fraction of sp³-hybridized carbons (Fsp3) is 0.250. The van der Waals surface area contributed by atoms with E-state index >= 15 is 0 Å². The van der Waals surface area contributed by atoms with Gasteiger partial charge in [0.25, 0.3) is 0 Å². The Morgan fingerprint density at radius 1 is 1.16 bits per heavy atom. The van der Waals surface area contributed by atoms with Gasteiger partial charge in [-0.2, -0.15) is 5.10 Å².